The smallest absolute Gasteiger partial charge is 0.183 e. The van der Waals surface area contributed by atoms with Gasteiger partial charge in [0.15, 0.2) is 11.9 Å². The lowest BCUT2D eigenvalue weighted by atomic mass is 10.1. The SMILES string of the molecule is CN1CCN(CCn2cc(-c3cc(N(C)Cc4ccccc4)n4ncc(C(O)O)c4n3)c3cccnc32)CC1. The van der Waals surface area contributed by atoms with Gasteiger partial charge in [0.25, 0.3) is 0 Å². The molecule has 5 aromatic rings. The molecule has 2 N–H and O–H groups in total. The van der Waals surface area contributed by atoms with Crippen molar-refractivity contribution in [1.29, 1.82) is 0 Å². The van der Waals surface area contributed by atoms with Gasteiger partial charge in [0.2, 0.25) is 0 Å². The minimum Gasteiger partial charge on any atom is -0.364 e. The lowest BCUT2D eigenvalue weighted by Crippen LogP contribution is -2.45. The van der Waals surface area contributed by atoms with Crippen LogP contribution in [0, 0.1) is 0 Å². The molecule has 0 amide bonds. The fraction of sp³-hybridized carbons (Fsp3) is 0.345. The molecule has 1 aliphatic heterocycles. The van der Waals surface area contributed by atoms with Crippen LogP contribution < -0.4 is 4.90 Å². The van der Waals surface area contributed by atoms with Crippen molar-refractivity contribution in [3.05, 3.63) is 78.2 Å². The number of likely N-dealkylation sites (N-methyl/N-ethyl adjacent to an activating group) is 1. The lowest BCUT2D eigenvalue weighted by molar-refractivity contribution is -0.0414. The molecule has 6 rings (SSSR count). The fourth-order valence-corrected chi connectivity index (χ4v) is 5.31. The molecule has 10 nitrogen and oxygen atoms in total. The molecular formula is C29H34N8O2. The van der Waals surface area contributed by atoms with E-state index in [-0.39, 0.29) is 5.56 Å². The summed E-state index contributed by atoms with van der Waals surface area (Å²) in [6.45, 7) is 6.75. The number of aliphatic hydroxyl groups is 2. The molecule has 1 aliphatic rings. The molecule has 39 heavy (non-hydrogen) atoms. The van der Waals surface area contributed by atoms with Gasteiger partial charge in [0, 0.05) is 82.3 Å². The Bertz CT molecular complexity index is 1570. The molecule has 0 bridgehead atoms. The standard InChI is InChI=1S/C29H34N8O2/c1-33-11-13-35(14-12-33)15-16-36-20-24(22-9-6-10-30-27(22)36)25-17-26(34(2)19-21-7-4-3-5-8-21)37-28(32-25)23(18-31-37)29(38)39/h3-10,17-18,20,29,38-39H,11-16,19H2,1-2H3. The second kappa shape index (κ2) is 10.7. The van der Waals surface area contributed by atoms with Gasteiger partial charge in [-0.2, -0.15) is 9.61 Å². The van der Waals surface area contributed by atoms with Gasteiger partial charge in [-0.3, -0.25) is 4.90 Å². The number of anilines is 1. The molecule has 1 fully saturated rings. The first-order valence-corrected chi connectivity index (χ1v) is 13.3. The number of fused-ring (bicyclic) bond motifs is 2. The Kier molecular flexibility index (Phi) is 7.01. The van der Waals surface area contributed by atoms with Crippen LogP contribution >= 0.6 is 0 Å². The highest BCUT2D eigenvalue weighted by Gasteiger charge is 2.21. The molecule has 0 aliphatic carbocycles. The molecule has 0 saturated carbocycles. The number of aromatic nitrogens is 5. The number of nitrogens with zero attached hydrogens (tertiary/aromatic N) is 8. The highest BCUT2D eigenvalue weighted by molar-refractivity contribution is 5.93. The zero-order chi connectivity index (χ0) is 26.9. The third kappa shape index (κ3) is 5.11. The second-order valence-electron chi connectivity index (χ2n) is 10.3. The first-order chi connectivity index (χ1) is 19.0. The van der Waals surface area contributed by atoms with Crippen LogP contribution in [0.5, 0.6) is 0 Å². The van der Waals surface area contributed by atoms with Crippen LogP contribution in [0.1, 0.15) is 17.4 Å². The van der Waals surface area contributed by atoms with Gasteiger partial charge in [-0.15, -0.1) is 0 Å². The maximum atomic E-state index is 10.0. The zero-order valence-corrected chi connectivity index (χ0v) is 22.4. The van der Waals surface area contributed by atoms with Gasteiger partial charge < -0.3 is 24.6 Å². The minimum absolute atomic E-state index is 0.267. The maximum Gasteiger partial charge on any atom is 0.183 e. The van der Waals surface area contributed by atoms with E-state index >= 15 is 0 Å². The van der Waals surface area contributed by atoms with Crippen molar-refractivity contribution in [2.75, 3.05) is 51.7 Å². The van der Waals surface area contributed by atoms with Crippen LogP contribution in [-0.4, -0.2) is 91.0 Å². The summed E-state index contributed by atoms with van der Waals surface area (Å²) < 4.78 is 3.88. The van der Waals surface area contributed by atoms with E-state index in [1.54, 1.807) is 4.52 Å². The Labute approximate surface area is 227 Å². The Morgan fingerprint density at radius 1 is 0.974 bits per heavy atom. The molecule has 202 valence electrons. The summed E-state index contributed by atoms with van der Waals surface area (Å²) in [5.74, 6) is 0.799. The largest absolute Gasteiger partial charge is 0.364 e. The summed E-state index contributed by atoms with van der Waals surface area (Å²) in [5, 5.41) is 25.6. The van der Waals surface area contributed by atoms with Crippen LogP contribution in [0.15, 0.2) is 67.1 Å². The third-order valence-corrected chi connectivity index (χ3v) is 7.57. The first-order valence-electron chi connectivity index (χ1n) is 13.3. The van der Waals surface area contributed by atoms with Gasteiger partial charge in [0.05, 0.1) is 17.5 Å². The Hall–Kier alpha value is -3.83. The predicted molar refractivity (Wildman–Crippen MR) is 151 cm³/mol. The van der Waals surface area contributed by atoms with Crippen molar-refractivity contribution in [1.82, 2.24) is 33.9 Å². The van der Waals surface area contributed by atoms with Crippen molar-refractivity contribution >= 4 is 22.5 Å². The highest BCUT2D eigenvalue weighted by atomic mass is 16.5. The van der Waals surface area contributed by atoms with E-state index in [1.807, 2.05) is 43.6 Å². The van der Waals surface area contributed by atoms with E-state index in [1.165, 1.54) is 6.20 Å². The van der Waals surface area contributed by atoms with Gasteiger partial charge >= 0.3 is 0 Å². The Morgan fingerprint density at radius 3 is 2.54 bits per heavy atom. The molecule has 0 unspecified atom stereocenters. The molecule has 0 atom stereocenters. The van der Waals surface area contributed by atoms with Crippen molar-refractivity contribution in [3.8, 4) is 11.3 Å². The molecule has 5 heterocycles. The first kappa shape index (κ1) is 25.4. The van der Waals surface area contributed by atoms with E-state index in [2.05, 4.69) is 55.8 Å². The number of hydrogen-bond donors (Lipinski definition) is 2. The average molecular weight is 527 g/mol. The molecule has 4 aromatic heterocycles. The van der Waals surface area contributed by atoms with Crippen molar-refractivity contribution < 1.29 is 10.2 Å². The fourth-order valence-electron chi connectivity index (χ4n) is 5.31. The van der Waals surface area contributed by atoms with Gasteiger partial charge in [0.1, 0.15) is 11.5 Å². The number of pyridine rings is 1. The molecule has 10 heteroatoms. The van der Waals surface area contributed by atoms with E-state index in [9.17, 15) is 10.2 Å². The van der Waals surface area contributed by atoms with Crippen LogP contribution in [0.3, 0.4) is 0 Å². The molecule has 1 aromatic carbocycles. The quantitative estimate of drug-likeness (QED) is 0.298. The highest BCUT2D eigenvalue weighted by Crippen LogP contribution is 2.33. The Balaban J connectivity index is 1.41. The van der Waals surface area contributed by atoms with Crippen molar-refractivity contribution in [3.63, 3.8) is 0 Å². The molecular weight excluding hydrogens is 492 g/mol. The van der Waals surface area contributed by atoms with Crippen LogP contribution in [0.4, 0.5) is 5.82 Å². The van der Waals surface area contributed by atoms with Crippen LogP contribution in [-0.2, 0) is 13.1 Å². The maximum absolute atomic E-state index is 10.0. The van der Waals surface area contributed by atoms with E-state index in [4.69, 9.17) is 9.97 Å². The molecule has 0 radical (unpaired) electrons. The summed E-state index contributed by atoms with van der Waals surface area (Å²) in [6.07, 6.45) is 3.74. The predicted octanol–water partition coefficient (Wildman–Crippen LogP) is 2.61. The summed E-state index contributed by atoms with van der Waals surface area (Å²) in [7, 11) is 4.17. The van der Waals surface area contributed by atoms with Crippen LogP contribution in [0.25, 0.3) is 27.9 Å². The zero-order valence-electron chi connectivity index (χ0n) is 22.4. The van der Waals surface area contributed by atoms with Crippen molar-refractivity contribution in [2.24, 2.45) is 0 Å². The van der Waals surface area contributed by atoms with Gasteiger partial charge in [-0.1, -0.05) is 30.3 Å². The molecule has 0 spiro atoms. The minimum atomic E-state index is -1.68. The average Bonchev–Trinajstić information content (AvgIpc) is 3.55. The number of rotatable bonds is 8. The van der Waals surface area contributed by atoms with E-state index < -0.39 is 6.29 Å². The van der Waals surface area contributed by atoms with E-state index in [0.29, 0.717) is 12.2 Å². The number of aliphatic hydroxyl groups excluding tert-OH is 1. The lowest BCUT2D eigenvalue weighted by Gasteiger charge is -2.32. The normalized spacial score (nSPS) is 15.1. The summed E-state index contributed by atoms with van der Waals surface area (Å²) in [4.78, 5) is 16.6. The van der Waals surface area contributed by atoms with Crippen molar-refractivity contribution in [2.45, 2.75) is 19.4 Å². The third-order valence-electron chi connectivity index (χ3n) is 7.57. The monoisotopic (exact) mass is 526 g/mol. The number of hydrogen-bond acceptors (Lipinski definition) is 8. The Morgan fingerprint density at radius 2 is 1.77 bits per heavy atom. The second-order valence-corrected chi connectivity index (χ2v) is 10.3. The van der Waals surface area contributed by atoms with Gasteiger partial charge in [-0.25, -0.2) is 9.97 Å². The number of piperazine rings is 1. The number of benzene rings is 1. The molecule has 1 saturated heterocycles. The summed E-state index contributed by atoms with van der Waals surface area (Å²) >= 11 is 0. The summed E-state index contributed by atoms with van der Waals surface area (Å²) in [5.41, 5.74) is 4.44. The summed E-state index contributed by atoms with van der Waals surface area (Å²) in [6, 6.07) is 16.2. The topological polar surface area (TPSA) is 98.2 Å². The van der Waals surface area contributed by atoms with E-state index in [0.717, 1.165) is 72.9 Å². The van der Waals surface area contributed by atoms with Gasteiger partial charge in [-0.05, 0) is 24.7 Å². The van der Waals surface area contributed by atoms with Crippen LogP contribution in [0.2, 0.25) is 0 Å².